The summed E-state index contributed by atoms with van der Waals surface area (Å²) in [6, 6.07) is 1.37. The van der Waals surface area contributed by atoms with Gasteiger partial charge in [-0.15, -0.1) is 11.3 Å². The minimum Gasteiger partial charge on any atom is -0.465 e. The molecule has 0 aromatic carbocycles. The second kappa shape index (κ2) is 6.11. The standard InChI is InChI=1S/C13H12ClN3O3S/c1-6-5-21-11(13(19)20-2)10(6)17-12(18)7-3-9(14)16-4-8(7)15/h3-5H,15H2,1-2H3,(H,17,18). The summed E-state index contributed by atoms with van der Waals surface area (Å²) in [5, 5.41) is 4.57. The average molecular weight is 326 g/mol. The number of nitrogens with two attached hydrogens (primary N) is 1. The maximum atomic E-state index is 12.3. The second-order valence-corrected chi connectivity index (χ2v) is 5.43. The molecule has 0 bridgehead atoms. The number of pyridine rings is 1. The number of rotatable bonds is 3. The number of ether oxygens (including phenoxy) is 1. The summed E-state index contributed by atoms with van der Waals surface area (Å²) in [5.41, 5.74) is 7.26. The number of nitrogens with one attached hydrogen (secondary N) is 1. The van der Waals surface area contributed by atoms with Crippen molar-refractivity contribution in [3.05, 3.63) is 38.8 Å². The minimum atomic E-state index is -0.510. The van der Waals surface area contributed by atoms with Crippen LogP contribution in [0.15, 0.2) is 17.6 Å². The molecular formula is C13H12ClN3O3S. The molecule has 0 aliphatic heterocycles. The first kappa shape index (κ1) is 15.3. The Morgan fingerprint density at radius 3 is 2.86 bits per heavy atom. The predicted molar refractivity (Wildman–Crippen MR) is 82.0 cm³/mol. The van der Waals surface area contributed by atoms with Crippen LogP contribution in [0.5, 0.6) is 0 Å². The summed E-state index contributed by atoms with van der Waals surface area (Å²) in [5.74, 6) is -0.979. The quantitative estimate of drug-likeness (QED) is 0.668. The minimum absolute atomic E-state index is 0.157. The predicted octanol–water partition coefficient (Wildman–Crippen LogP) is 2.73. The fourth-order valence-corrected chi connectivity index (χ4v) is 2.74. The lowest BCUT2D eigenvalue weighted by Crippen LogP contribution is -2.16. The van der Waals surface area contributed by atoms with Crippen LogP contribution in [0.4, 0.5) is 11.4 Å². The van der Waals surface area contributed by atoms with Gasteiger partial charge in [0.05, 0.1) is 30.2 Å². The number of amides is 1. The molecule has 0 radical (unpaired) electrons. The lowest BCUT2D eigenvalue weighted by Gasteiger charge is -2.09. The first-order chi connectivity index (χ1) is 9.93. The largest absolute Gasteiger partial charge is 0.465 e. The molecule has 0 aliphatic carbocycles. The molecule has 2 aromatic rings. The van der Waals surface area contributed by atoms with Crippen molar-refractivity contribution in [2.24, 2.45) is 0 Å². The normalized spacial score (nSPS) is 10.2. The molecule has 2 heterocycles. The average Bonchev–Trinajstić information content (AvgIpc) is 2.82. The highest BCUT2D eigenvalue weighted by Gasteiger charge is 2.20. The Morgan fingerprint density at radius 1 is 1.48 bits per heavy atom. The summed E-state index contributed by atoms with van der Waals surface area (Å²) in [7, 11) is 1.28. The van der Waals surface area contributed by atoms with Crippen molar-refractivity contribution in [3.8, 4) is 0 Å². The number of carbonyl (C=O) groups is 2. The lowest BCUT2D eigenvalue weighted by molar-refractivity contribution is 0.0607. The monoisotopic (exact) mass is 325 g/mol. The van der Waals surface area contributed by atoms with Crippen LogP contribution >= 0.6 is 22.9 Å². The Balaban J connectivity index is 2.34. The van der Waals surface area contributed by atoms with Crippen molar-refractivity contribution >= 4 is 46.2 Å². The van der Waals surface area contributed by atoms with Gasteiger partial charge in [0.15, 0.2) is 0 Å². The molecule has 8 heteroatoms. The van der Waals surface area contributed by atoms with Crippen molar-refractivity contribution in [2.45, 2.75) is 6.92 Å². The lowest BCUT2D eigenvalue weighted by atomic mass is 10.2. The van der Waals surface area contributed by atoms with Gasteiger partial charge >= 0.3 is 5.97 Å². The number of esters is 1. The summed E-state index contributed by atoms with van der Waals surface area (Å²) in [4.78, 5) is 28.0. The van der Waals surface area contributed by atoms with E-state index in [9.17, 15) is 9.59 Å². The molecule has 2 aromatic heterocycles. The number of thiophene rings is 1. The van der Waals surface area contributed by atoms with E-state index >= 15 is 0 Å². The van der Waals surface area contributed by atoms with E-state index in [1.165, 1.54) is 30.7 Å². The smallest absolute Gasteiger partial charge is 0.350 e. The van der Waals surface area contributed by atoms with Gasteiger partial charge in [-0.1, -0.05) is 11.6 Å². The van der Waals surface area contributed by atoms with Crippen LogP contribution in [0.2, 0.25) is 5.15 Å². The van der Waals surface area contributed by atoms with Crippen LogP contribution < -0.4 is 11.1 Å². The molecule has 2 rings (SSSR count). The topological polar surface area (TPSA) is 94.3 Å². The summed E-state index contributed by atoms with van der Waals surface area (Å²) in [6.45, 7) is 1.78. The second-order valence-electron chi connectivity index (χ2n) is 4.16. The molecular weight excluding hydrogens is 314 g/mol. The molecule has 0 spiro atoms. The van der Waals surface area contributed by atoms with Gasteiger partial charge in [0, 0.05) is 0 Å². The molecule has 1 amide bonds. The highest BCUT2D eigenvalue weighted by atomic mass is 35.5. The number of methoxy groups -OCH3 is 1. The maximum Gasteiger partial charge on any atom is 0.350 e. The van der Waals surface area contributed by atoms with Crippen LogP contribution in [-0.4, -0.2) is 24.0 Å². The number of anilines is 2. The zero-order valence-electron chi connectivity index (χ0n) is 11.3. The Labute approximate surface area is 129 Å². The number of halogens is 1. The number of carbonyl (C=O) groups excluding carboxylic acids is 2. The Bertz CT molecular complexity index is 715. The molecule has 0 aliphatic rings. The number of hydrogen-bond donors (Lipinski definition) is 2. The molecule has 0 fully saturated rings. The molecule has 3 N–H and O–H groups in total. The van der Waals surface area contributed by atoms with Crippen molar-refractivity contribution in [1.29, 1.82) is 0 Å². The summed E-state index contributed by atoms with van der Waals surface area (Å²) >= 11 is 6.95. The molecule has 0 atom stereocenters. The van der Waals surface area contributed by atoms with E-state index in [0.29, 0.717) is 10.6 Å². The third-order valence-electron chi connectivity index (χ3n) is 2.73. The molecule has 21 heavy (non-hydrogen) atoms. The van der Waals surface area contributed by atoms with Gasteiger partial charge in [-0.05, 0) is 23.9 Å². The molecule has 0 saturated carbocycles. The summed E-state index contributed by atoms with van der Waals surface area (Å²) < 4.78 is 4.68. The van der Waals surface area contributed by atoms with E-state index in [0.717, 1.165) is 5.56 Å². The number of nitrogens with zero attached hydrogens (tertiary/aromatic N) is 1. The third kappa shape index (κ3) is 3.14. The first-order valence-electron chi connectivity index (χ1n) is 5.82. The Morgan fingerprint density at radius 2 is 2.19 bits per heavy atom. The first-order valence-corrected chi connectivity index (χ1v) is 7.08. The highest BCUT2D eigenvalue weighted by molar-refractivity contribution is 7.12. The van der Waals surface area contributed by atoms with Crippen LogP contribution in [0, 0.1) is 6.92 Å². The number of aryl methyl sites for hydroxylation is 1. The Kier molecular flexibility index (Phi) is 4.44. The van der Waals surface area contributed by atoms with Gasteiger partial charge in [0.1, 0.15) is 10.0 Å². The third-order valence-corrected chi connectivity index (χ3v) is 4.01. The van der Waals surface area contributed by atoms with Crippen molar-refractivity contribution < 1.29 is 14.3 Å². The van der Waals surface area contributed by atoms with Crippen LogP contribution in [-0.2, 0) is 4.74 Å². The van der Waals surface area contributed by atoms with Crippen LogP contribution in [0.25, 0.3) is 0 Å². The van der Waals surface area contributed by atoms with Crippen LogP contribution in [0.1, 0.15) is 25.6 Å². The number of aromatic nitrogens is 1. The molecule has 0 saturated heterocycles. The fourth-order valence-electron chi connectivity index (χ4n) is 1.66. The molecule has 0 unspecified atom stereocenters. The number of hydrogen-bond acceptors (Lipinski definition) is 6. The maximum absolute atomic E-state index is 12.3. The van der Waals surface area contributed by atoms with Crippen LogP contribution in [0.3, 0.4) is 0 Å². The Hall–Kier alpha value is -2.12. The highest BCUT2D eigenvalue weighted by Crippen LogP contribution is 2.29. The summed E-state index contributed by atoms with van der Waals surface area (Å²) in [6.07, 6.45) is 1.30. The SMILES string of the molecule is COC(=O)c1scc(C)c1NC(=O)c1cc(Cl)ncc1N. The van der Waals surface area contributed by atoms with Gasteiger partial charge in [0.25, 0.3) is 5.91 Å². The van der Waals surface area contributed by atoms with Gasteiger partial charge in [-0.2, -0.15) is 0 Å². The number of nitrogen functional groups attached to an aromatic ring is 1. The van der Waals surface area contributed by atoms with Crippen molar-refractivity contribution in [1.82, 2.24) is 4.98 Å². The van der Waals surface area contributed by atoms with E-state index in [1.54, 1.807) is 12.3 Å². The van der Waals surface area contributed by atoms with Gasteiger partial charge in [-0.3, -0.25) is 4.79 Å². The zero-order valence-corrected chi connectivity index (χ0v) is 12.8. The van der Waals surface area contributed by atoms with Gasteiger partial charge in [-0.25, -0.2) is 9.78 Å². The fraction of sp³-hybridized carbons (Fsp3) is 0.154. The van der Waals surface area contributed by atoms with Crippen molar-refractivity contribution in [2.75, 3.05) is 18.2 Å². The van der Waals surface area contributed by atoms with Gasteiger partial charge < -0.3 is 15.8 Å². The molecule has 110 valence electrons. The van der Waals surface area contributed by atoms with E-state index in [2.05, 4.69) is 15.0 Å². The van der Waals surface area contributed by atoms with E-state index < -0.39 is 11.9 Å². The van der Waals surface area contributed by atoms with E-state index in [-0.39, 0.29) is 16.4 Å². The van der Waals surface area contributed by atoms with Crippen molar-refractivity contribution in [3.63, 3.8) is 0 Å². The van der Waals surface area contributed by atoms with E-state index in [4.69, 9.17) is 17.3 Å². The van der Waals surface area contributed by atoms with E-state index in [1.807, 2.05) is 0 Å². The van der Waals surface area contributed by atoms with Gasteiger partial charge in [0.2, 0.25) is 0 Å². The molecule has 6 nitrogen and oxygen atoms in total. The zero-order chi connectivity index (χ0) is 15.6.